The number of nitrogens with two attached hydrogens (primary N) is 1. The van der Waals surface area contributed by atoms with Gasteiger partial charge < -0.3 is 10.6 Å². The second-order valence-corrected chi connectivity index (χ2v) is 6.24. The monoisotopic (exact) mass is 323 g/mol. The SMILES string of the molecule is CC(C)N1C(=O)N=C(N)C1(C)Cc1ccc(Br)cc1. The Kier molecular flexibility index (Phi) is 3.67. The fourth-order valence-electron chi connectivity index (χ4n) is 2.58. The average molecular weight is 324 g/mol. The highest BCUT2D eigenvalue weighted by Crippen LogP contribution is 2.29. The molecule has 0 aliphatic carbocycles. The Morgan fingerprint density at radius 2 is 1.95 bits per heavy atom. The Morgan fingerprint density at radius 1 is 1.37 bits per heavy atom. The molecule has 0 radical (unpaired) electrons. The number of hydrogen-bond acceptors (Lipinski definition) is 2. The van der Waals surface area contributed by atoms with E-state index in [4.69, 9.17) is 5.73 Å². The fourth-order valence-corrected chi connectivity index (χ4v) is 2.84. The van der Waals surface area contributed by atoms with E-state index in [1.54, 1.807) is 4.90 Å². The molecular weight excluding hydrogens is 306 g/mol. The molecule has 0 fully saturated rings. The molecule has 0 aromatic heterocycles. The maximum absolute atomic E-state index is 11.9. The van der Waals surface area contributed by atoms with Gasteiger partial charge in [0.2, 0.25) is 0 Å². The van der Waals surface area contributed by atoms with E-state index in [1.165, 1.54) is 0 Å². The largest absolute Gasteiger partial charge is 0.385 e. The smallest absolute Gasteiger partial charge is 0.346 e. The first-order chi connectivity index (χ1) is 8.84. The minimum Gasteiger partial charge on any atom is -0.385 e. The van der Waals surface area contributed by atoms with Gasteiger partial charge in [0.25, 0.3) is 0 Å². The number of aliphatic imine (C=N–C) groups is 1. The third kappa shape index (κ3) is 2.52. The van der Waals surface area contributed by atoms with Gasteiger partial charge in [0.15, 0.2) is 0 Å². The molecule has 1 unspecified atom stereocenters. The Hall–Kier alpha value is -1.36. The molecule has 19 heavy (non-hydrogen) atoms. The van der Waals surface area contributed by atoms with Crippen molar-refractivity contribution >= 4 is 27.8 Å². The fraction of sp³-hybridized carbons (Fsp3) is 0.429. The van der Waals surface area contributed by atoms with Gasteiger partial charge in [-0.3, -0.25) is 0 Å². The Bertz CT molecular complexity index is 524. The lowest BCUT2D eigenvalue weighted by Gasteiger charge is -2.37. The molecule has 1 aliphatic rings. The van der Waals surface area contributed by atoms with Crippen molar-refractivity contribution in [1.82, 2.24) is 4.90 Å². The van der Waals surface area contributed by atoms with Crippen molar-refractivity contribution in [2.24, 2.45) is 10.7 Å². The first-order valence-corrected chi connectivity index (χ1v) is 7.06. The molecule has 0 saturated carbocycles. The lowest BCUT2D eigenvalue weighted by atomic mass is 9.90. The Labute approximate surface area is 121 Å². The van der Waals surface area contributed by atoms with Crippen LogP contribution in [0.1, 0.15) is 26.3 Å². The minimum absolute atomic E-state index is 0.0674. The number of urea groups is 1. The topological polar surface area (TPSA) is 58.7 Å². The van der Waals surface area contributed by atoms with Crippen molar-refractivity contribution in [3.05, 3.63) is 34.3 Å². The molecule has 0 bridgehead atoms. The van der Waals surface area contributed by atoms with Gasteiger partial charge in [-0.15, -0.1) is 0 Å². The van der Waals surface area contributed by atoms with Crippen LogP contribution in [-0.2, 0) is 6.42 Å². The normalized spacial score (nSPS) is 23.1. The predicted molar refractivity (Wildman–Crippen MR) is 80.2 cm³/mol. The predicted octanol–water partition coefficient (Wildman–Crippen LogP) is 2.95. The van der Waals surface area contributed by atoms with Crippen LogP contribution in [0.2, 0.25) is 0 Å². The third-order valence-corrected chi connectivity index (χ3v) is 4.01. The van der Waals surface area contributed by atoms with Gasteiger partial charge in [-0.25, -0.2) is 4.79 Å². The van der Waals surface area contributed by atoms with E-state index in [0.717, 1.165) is 10.0 Å². The van der Waals surface area contributed by atoms with E-state index in [1.807, 2.05) is 45.0 Å². The van der Waals surface area contributed by atoms with Crippen LogP contribution in [0.5, 0.6) is 0 Å². The van der Waals surface area contributed by atoms with Crippen LogP contribution >= 0.6 is 15.9 Å². The van der Waals surface area contributed by atoms with Crippen molar-refractivity contribution < 1.29 is 4.79 Å². The summed E-state index contributed by atoms with van der Waals surface area (Å²) in [5, 5.41) is 0. The van der Waals surface area contributed by atoms with Crippen LogP contribution in [-0.4, -0.2) is 28.3 Å². The van der Waals surface area contributed by atoms with E-state index in [2.05, 4.69) is 20.9 Å². The van der Waals surface area contributed by atoms with Crippen LogP contribution in [0.15, 0.2) is 33.7 Å². The molecule has 1 aromatic rings. The zero-order valence-corrected chi connectivity index (χ0v) is 12.9. The van der Waals surface area contributed by atoms with Crippen molar-refractivity contribution in [1.29, 1.82) is 0 Å². The summed E-state index contributed by atoms with van der Waals surface area (Å²) >= 11 is 3.42. The summed E-state index contributed by atoms with van der Waals surface area (Å²) in [7, 11) is 0. The van der Waals surface area contributed by atoms with Crippen LogP contribution < -0.4 is 5.73 Å². The molecular formula is C14H18BrN3O. The number of carbonyl (C=O) groups excluding carboxylic acids is 1. The van der Waals surface area contributed by atoms with E-state index >= 15 is 0 Å². The minimum atomic E-state index is -0.543. The van der Waals surface area contributed by atoms with E-state index < -0.39 is 5.54 Å². The molecule has 0 saturated heterocycles. The zero-order chi connectivity index (χ0) is 14.2. The van der Waals surface area contributed by atoms with Gasteiger partial charge in [-0.1, -0.05) is 28.1 Å². The van der Waals surface area contributed by atoms with E-state index in [0.29, 0.717) is 12.3 Å². The highest BCUT2D eigenvalue weighted by molar-refractivity contribution is 9.10. The number of nitrogens with zero attached hydrogens (tertiary/aromatic N) is 2. The highest BCUT2D eigenvalue weighted by atomic mass is 79.9. The maximum Gasteiger partial charge on any atom is 0.346 e. The van der Waals surface area contributed by atoms with Crippen LogP contribution in [0.3, 0.4) is 0 Å². The third-order valence-electron chi connectivity index (χ3n) is 3.48. The number of benzene rings is 1. The number of hydrogen-bond donors (Lipinski definition) is 1. The van der Waals surface area contributed by atoms with Gasteiger partial charge in [0, 0.05) is 16.9 Å². The molecule has 2 amide bonds. The number of rotatable bonds is 3. The summed E-state index contributed by atoms with van der Waals surface area (Å²) in [6.07, 6.45) is 0.666. The van der Waals surface area contributed by atoms with Crippen LogP contribution in [0.4, 0.5) is 4.79 Å². The summed E-state index contributed by atoms with van der Waals surface area (Å²) in [6, 6.07) is 7.86. The van der Waals surface area contributed by atoms with Crippen molar-refractivity contribution in [2.75, 3.05) is 0 Å². The molecule has 2 N–H and O–H groups in total. The van der Waals surface area contributed by atoms with Gasteiger partial charge in [0.05, 0.1) is 0 Å². The summed E-state index contributed by atoms with van der Waals surface area (Å²) in [6.45, 7) is 5.93. The van der Waals surface area contributed by atoms with Gasteiger partial charge in [-0.2, -0.15) is 4.99 Å². The van der Waals surface area contributed by atoms with Crippen molar-refractivity contribution in [2.45, 2.75) is 38.8 Å². The quantitative estimate of drug-likeness (QED) is 0.929. The van der Waals surface area contributed by atoms with Crippen molar-refractivity contribution in [3.8, 4) is 0 Å². The number of halogens is 1. The standard InChI is InChI=1S/C14H18BrN3O/c1-9(2)18-13(19)17-12(16)14(18,3)8-10-4-6-11(15)7-5-10/h4-7,9H,8H2,1-3H3,(H2,16,17,19). The molecule has 2 rings (SSSR count). The number of amidine groups is 1. The summed E-state index contributed by atoms with van der Waals surface area (Å²) < 4.78 is 1.03. The first-order valence-electron chi connectivity index (χ1n) is 6.27. The van der Waals surface area contributed by atoms with Crippen LogP contribution in [0.25, 0.3) is 0 Å². The number of amides is 2. The summed E-state index contributed by atoms with van der Waals surface area (Å²) in [5.41, 5.74) is 6.57. The summed E-state index contributed by atoms with van der Waals surface area (Å²) in [4.78, 5) is 17.6. The molecule has 102 valence electrons. The Balaban J connectivity index is 2.32. The van der Waals surface area contributed by atoms with E-state index in [9.17, 15) is 4.79 Å². The second-order valence-electron chi connectivity index (χ2n) is 5.32. The molecule has 5 heteroatoms. The maximum atomic E-state index is 11.9. The highest BCUT2D eigenvalue weighted by Gasteiger charge is 2.45. The second kappa shape index (κ2) is 4.96. The number of carbonyl (C=O) groups is 1. The van der Waals surface area contributed by atoms with Gasteiger partial charge in [0.1, 0.15) is 11.4 Å². The van der Waals surface area contributed by atoms with Crippen molar-refractivity contribution in [3.63, 3.8) is 0 Å². The molecule has 1 heterocycles. The van der Waals surface area contributed by atoms with E-state index in [-0.39, 0.29) is 12.1 Å². The lowest BCUT2D eigenvalue weighted by Crippen LogP contribution is -2.55. The molecule has 4 nitrogen and oxygen atoms in total. The first kappa shape index (κ1) is 14.1. The molecule has 1 aliphatic heterocycles. The Morgan fingerprint density at radius 3 is 2.47 bits per heavy atom. The van der Waals surface area contributed by atoms with Crippen LogP contribution in [0, 0.1) is 0 Å². The lowest BCUT2D eigenvalue weighted by molar-refractivity contribution is 0.155. The van der Waals surface area contributed by atoms with Gasteiger partial charge >= 0.3 is 6.03 Å². The molecule has 0 spiro atoms. The molecule has 1 atom stereocenters. The zero-order valence-electron chi connectivity index (χ0n) is 11.4. The summed E-state index contributed by atoms with van der Waals surface area (Å²) in [5.74, 6) is 0.397. The van der Waals surface area contributed by atoms with Gasteiger partial charge in [-0.05, 0) is 38.5 Å². The average Bonchev–Trinajstić information content (AvgIpc) is 2.52. The molecule has 1 aromatic carbocycles.